The quantitative estimate of drug-likeness (QED) is 0.0645. The molecule has 0 saturated heterocycles. The van der Waals surface area contributed by atoms with Gasteiger partial charge in [0, 0.05) is 34.9 Å². The third-order valence-electron chi connectivity index (χ3n) is 10.4. The Labute approximate surface area is 286 Å². The largest absolute Gasteiger partial charge is 0.339 e. The molecule has 4 aromatic heterocycles. The predicted molar refractivity (Wildman–Crippen MR) is 209 cm³/mol. The molecule has 6 aromatic rings. The number of thiophene rings is 2. The molecule has 0 aliphatic rings. The zero-order valence-corrected chi connectivity index (χ0v) is 30.5. The summed E-state index contributed by atoms with van der Waals surface area (Å²) in [6.07, 6.45) is 27.7. The summed E-state index contributed by atoms with van der Waals surface area (Å²) in [7, 11) is 0. The van der Waals surface area contributed by atoms with E-state index in [1.165, 1.54) is 180 Å². The number of fused-ring (bicyclic) bond motifs is 9. The van der Waals surface area contributed by atoms with Crippen molar-refractivity contribution in [1.82, 2.24) is 9.13 Å². The van der Waals surface area contributed by atoms with Crippen LogP contribution in [0, 0.1) is 0 Å². The Kier molecular flexibility index (Phi) is 12.6. The number of unbranched alkanes of at least 4 members (excludes halogenated alkanes) is 18. The van der Waals surface area contributed by atoms with E-state index in [2.05, 4.69) is 94.2 Å². The van der Waals surface area contributed by atoms with Crippen molar-refractivity contribution >= 4 is 74.3 Å². The van der Waals surface area contributed by atoms with E-state index >= 15 is 0 Å². The van der Waals surface area contributed by atoms with Gasteiger partial charge < -0.3 is 9.13 Å². The second-order valence-electron chi connectivity index (χ2n) is 13.9. The fourth-order valence-corrected chi connectivity index (χ4v) is 10.8. The van der Waals surface area contributed by atoms with Gasteiger partial charge in [0.15, 0.2) is 0 Å². The minimum Gasteiger partial charge on any atom is -0.339 e. The molecule has 0 fully saturated rings. The third-order valence-corrected chi connectivity index (χ3v) is 12.9. The first-order chi connectivity index (χ1) is 22.8. The van der Waals surface area contributed by atoms with Gasteiger partial charge in [0.25, 0.3) is 0 Å². The minimum atomic E-state index is 1.13. The number of benzene rings is 2. The lowest BCUT2D eigenvalue weighted by Gasteiger charge is -2.08. The SMILES string of the molecule is CCCCCCCCCCCCn1c2ccccc2c2sc3c(sc4c5ccccc5n(CCCCCCCCCCCC)c43)c21. The second kappa shape index (κ2) is 17.2. The summed E-state index contributed by atoms with van der Waals surface area (Å²) >= 11 is 4.13. The Morgan fingerprint density at radius 2 is 0.717 bits per heavy atom. The van der Waals surface area contributed by atoms with E-state index in [0.717, 1.165) is 13.1 Å². The van der Waals surface area contributed by atoms with Crippen molar-refractivity contribution in [3.05, 3.63) is 48.5 Å². The summed E-state index contributed by atoms with van der Waals surface area (Å²) in [5.74, 6) is 0. The van der Waals surface area contributed by atoms with Crippen LogP contribution in [0.25, 0.3) is 51.6 Å². The molecule has 248 valence electrons. The number of nitrogens with zero attached hydrogens (tertiary/aromatic N) is 2. The first kappa shape index (κ1) is 33.6. The van der Waals surface area contributed by atoms with Crippen LogP contribution < -0.4 is 0 Å². The number of para-hydroxylation sites is 2. The average molecular weight is 655 g/mol. The van der Waals surface area contributed by atoms with Gasteiger partial charge in [-0.15, -0.1) is 22.7 Å². The maximum atomic E-state index is 2.69. The lowest BCUT2D eigenvalue weighted by Crippen LogP contribution is -1.98. The van der Waals surface area contributed by atoms with Crippen molar-refractivity contribution in [2.75, 3.05) is 0 Å². The van der Waals surface area contributed by atoms with E-state index < -0.39 is 0 Å². The highest BCUT2D eigenvalue weighted by molar-refractivity contribution is 7.37. The number of rotatable bonds is 22. The molecule has 0 atom stereocenters. The summed E-state index contributed by atoms with van der Waals surface area (Å²) in [4.78, 5) is 0. The second-order valence-corrected chi connectivity index (χ2v) is 16.0. The smallest absolute Gasteiger partial charge is 0.0783 e. The van der Waals surface area contributed by atoms with E-state index in [1.807, 2.05) is 0 Å². The summed E-state index contributed by atoms with van der Waals surface area (Å²) in [5, 5.41) is 2.90. The fraction of sp³-hybridized carbons (Fsp3) is 0.571. The monoisotopic (exact) mass is 654 g/mol. The van der Waals surface area contributed by atoms with Crippen LogP contribution >= 0.6 is 22.7 Å². The third kappa shape index (κ3) is 7.54. The summed E-state index contributed by atoms with van der Waals surface area (Å²) in [6.45, 7) is 6.88. The Morgan fingerprint density at radius 3 is 1.09 bits per heavy atom. The van der Waals surface area contributed by atoms with Crippen LogP contribution in [-0.2, 0) is 13.1 Å². The van der Waals surface area contributed by atoms with Crippen molar-refractivity contribution in [3.8, 4) is 0 Å². The molecule has 4 heterocycles. The van der Waals surface area contributed by atoms with Crippen molar-refractivity contribution < 1.29 is 0 Å². The van der Waals surface area contributed by atoms with Crippen LogP contribution in [0.3, 0.4) is 0 Å². The van der Waals surface area contributed by atoms with Crippen LogP contribution in [-0.4, -0.2) is 9.13 Å². The van der Waals surface area contributed by atoms with Gasteiger partial charge in [0.1, 0.15) is 0 Å². The topological polar surface area (TPSA) is 9.86 Å². The van der Waals surface area contributed by atoms with Crippen molar-refractivity contribution in [2.24, 2.45) is 0 Å². The minimum absolute atomic E-state index is 1.13. The van der Waals surface area contributed by atoms with Gasteiger partial charge in [-0.3, -0.25) is 0 Å². The molecule has 2 aromatic carbocycles. The van der Waals surface area contributed by atoms with Crippen LogP contribution in [0.15, 0.2) is 48.5 Å². The molecule has 0 spiro atoms. The van der Waals surface area contributed by atoms with Crippen LogP contribution in [0.5, 0.6) is 0 Å². The highest BCUT2D eigenvalue weighted by Gasteiger charge is 2.23. The van der Waals surface area contributed by atoms with Gasteiger partial charge in [0.05, 0.1) is 29.8 Å². The molecule has 46 heavy (non-hydrogen) atoms. The number of aromatic nitrogens is 2. The highest BCUT2D eigenvalue weighted by atomic mass is 32.1. The van der Waals surface area contributed by atoms with Crippen molar-refractivity contribution in [2.45, 2.75) is 155 Å². The Morgan fingerprint density at radius 1 is 0.391 bits per heavy atom. The zero-order valence-electron chi connectivity index (χ0n) is 28.9. The van der Waals surface area contributed by atoms with Crippen molar-refractivity contribution in [1.29, 1.82) is 0 Å². The molecule has 6 rings (SSSR count). The van der Waals surface area contributed by atoms with Gasteiger partial charge >= 0.3 is 0 Å². The molecule has 0 aliphatic carbocycles. The highest BCUT2D eigenvalue weighted by Crippen LogP contribution is 2.50. The molecule has 0 unspecified atom stereocenters. The predicted octanol–water partition coefficient (Wildman–Crippen LogP) is 15.0. The number of hydrogen-bond acceptors (Lipinski definition) is 2. The zero-order chi connectivity index (χ0) is 31.6. The standard InChI is InChI=1S/C42H58N2S2/c1-3-5-7-9-11-13-15-17-19-25-31-43-35-29-23-21-27-33(35)39-37(43)41-42(45-39)38-40(46-41)34-28-22-24-30-36(34)44(38)32-26-20-18-16-14-12-10-8-6-4-2/h21-24,27-30H,3-20,25-26,31-32H2,1-2H3. The molecule has 0 N–H and O–H groups in total. The van der Waals surface area contributed by atoms with E-state index in [1.54, 1.807) is 0 Å². The van der Waals surface area contributed by atoms with Crippen LogP contribution in [0.1, 0.15) is 142 Å². The molecule has 0 saturated carbocycles. The number of hydrogen-bond donors (Lipinski definition) is 0. The van der Waals surface area contributed by atoms with Gasteiger partial charge in [-0.25, -0.2) is 0 Å². The maximum Gasteiger partial charge on any atom is 0.0783 e. The lowest BCUT2D eigenvalue weighted by atomic mass is 10.1. The van der Waals surface area contributed by atoms with Gasteiger partial charge in [-0.2, -0.15) is 0 Å². The molecule has 0 aliphatic heterocycles. The van der Waals surface area contributed by atoms with E-state index in [4.69, 9.17) is 0 Å². The first-order valence-corrected chi connectivity index (χ1v) is 20.8. The average Bonchev–Trinajstić information content (AvgIpc) is 3.79. The van der Waals surface area contributed by atoms with Gasteiger partial charge in [-0.1, -0.05) is 166 Å². The molecular formula is C42H58N2S2. The Hall–Kier alpha value is -2.30. The first-order valence-electron chi connectivity index (χ1n) is 19.2. The molecule has 4 heteroatoms. The van der Waals surface area contributed by atoms with E-state index in [9.17, 15) is 0 Å². The molecule has 0 radical (unpaired) electrons. The summed E-state index contributed by atoms with van der Waals surface area (Å²) in [6, 6.07) is 18.4. The van der Waals surface area contributed by atoms with E-state index in [-0.39, 0.29) is 0 Å². The maximum absolute atomic E-state index is 2.69. The number of aryl methyl sites for hydroxylation is 2. The fourth-order valence-electron chi connectivity index (χ4n) is 7.79. The summed E-state index contributed by atoms with van der Waals surface area (Å²) in [5.41, 5.74) is 5.87. The lowest BCUT2D eigenvalue weighted by molar-refractivity contribution is 0.541. The van der Waals surface area contributed by atoms with Crippen molar-refractivity contribution in [3.63, 3.8) is 0 Å². The Bertz CT molecular complexity index is 1660. The summed E-state index contributed by atoms with van der Waals surface area (Å²) < 4.78 is 11.4. The Balaban J connectivity index is 1.18. The van der Waals surface area contributed by atoms with E-state index in [0.29, 0.717) is 0 Å². The molecule has 0 amide bonds. The van der Waals surface area contributed by atoms with Crippen LogP contribution in [0.4, 0.5) is 0 Å². The normalized spacial score (nSPS) is 12.3. The van der Waals surface area contributed by atoms with Gasteiger partial charge in [0.2, 0.25) is 0 Å². The van der Waals surface area contributed by atoms with Crippen LogP contribution in [0.2, 0.25) is 0 Å². The molecule has 2 nitrogen and oxygen atoms in total. The molecule has 0 bridgehead atoms. The van der Waals surface area contributed by atoms with Gasteiger partial charge in [-0.05, 0) is 25.0 Å². The molecular weight excluding hydrogens is 597 g/mol.